The highest BCUT2D eigenvalue weighted by Gasteiger charge is 2.08. The summed E-state index contributed by atoms with van der Waals surface area (Å²) in [6, 6.07) is 5.35. The van der Waals surface area contributed by atoms with Crippen LogP contribution in [0.5, 0.6) is 5.75 Å². The second kappa shape index (κ2) is 7.28. The molecule has 0 spiro atoms. The quantitative estimate of drug-likeness (QED) is 0.733. The molecular weight excluding hydrogens is 217 g/mol. The Labute approximate surface area is 103 Å². The van der Waals surface area contributed by atoms with Gasteiger partial charge in [-0.15, -0.1) is 0 Å². The molecule has 17 heavy (non-hydrogen) atoms. The summed E-state index contributed by atoms with van der Waals surface area (Å²) in [5.74, 6) is 0.0780. The van der Waals surface area contributed by atoms with Crippen molar-refractivity contribution in [2.75, 3.05) is 13.2 Å². The molecule has 1 aromatic rings. The first-order valence-corrected chi connectivity index (χ1v) is 6.34. The molecule has 1 aromatic carbocycles. The average molecular weight is 239 g/mol. The number of rotatable bonds is 7. The Morgan fingerprint density at radius 2 is 2.12 bits per heavy atom. The van der Waals surface area contributed by atoms with Crippen molar-refractivity contribution in [3.8, 4) is 5.75 Å². The molecule has 1 rings (SSSR count). The number of unbranched alkanes of at least 4 members (excludes halogenated alkanes) is 1. The van der Waals surface area contributed by atoms with Crippen LogP contribution in [0, 0.1) is 5.82 Å². The van der Waals surface area contributed by atoms with Crippen molar-refractivity contribution in [2.24, 2.45) is 0 Å². The number of benzene rings is 1. The van der Waals surface area contributed by atoms with Crippen LogP contribution in [0.15, 0.2) is 18.2 Å². The average Bonchev–Trinajstić information content (AvgIpc) is 2.31. The van der Waals surface area contributed by atoms with Gasteiger partial charge in [-0.1, -0.05) is 26.3 Å². The predicted octanol–water partition coefficient (Wildman–Crippen LogP) is 3.68. The number of halogens is 1. The topological polar surface area (TPSA) is 21.3 Å². The Kier molecular flexibility index (Phi) is 5.98. The third-order valence-corrected chi connectivity index (χ3v) is 2.72. The van der Waals surface area contributed by atoms with Crippen LogP contribution in [0.2, 0.25) is 0 Å². The van der Waals surface area contributed by atoms with Crippen LogP contribution in [0.4, 0.5) is 4.39 Å². The maximum atomic E-state index is 13.7. The van der Waals surface area contributed by atoms with Crippen molar-refractivity contribution >= 4 is 0 Å². The van der Waals surface area contributed by atoms with Crippen LogP contribution in [-0.4, -0.2) is 13.2 Å². The summed E-state index contributed by atoms with van der Waals surface area (Å²) in [6.07, 6.45) is 2.01. The first-order chi connectivity index (χ1) is 8.19. The zero-order valence-corrected chi connectivity index (χ0v) is 10.9. The van der Waals surface area contributed by atoms with Gasteiger partial charge in [0.15, 0.2) is 11.6 Å². The lowest BCUT2D eigenvalue weighted by atomic mass is 10.1. The molecule has 3 heteroatoms. The molecule has 0 saturated heterocycles. The van der Waals surface area contributed by atoms with Crippen molar-refractivity contribution in [1.82, 2.24) is 5.32 Å². The summed E-state index contributed by atoms with van der Waals surface area (Å²) in [6.45, 7) is 7.60. The fourth-order valence-corrected chi connectivity index (χ4v) is 1.65. The molecular formula is C14H22FNO. The van der Waals surface area contributed by atoms with Crippen LogP contribution in [0.3, 0.4) is 0 Å². The molecule has 1 N–H and O–H groups in total. The Bertz CT molecular complexity index is 341. The highest BCUT2D eigenvalue weighted by molar-refractivity contribution is 5.30. The van der Waals surface area contributed by atoms with E-state index in [2.05, 4.69) is 12.2 Å². The van der Waals surface area contributed by atoms with Gasteiger partial charge in [-0.05, 0) is 37.6 Å². The zero-order chi connectivity index (χ0) is 12.7. The van der Waals surface area contributed by atoms with E-state index in [0.717, 1.165) is 24.9 Å². The van der Waals surface area contributed by atoms with Crippen LogP contribution >= 0.6 is 0 Å². The first kappa shape index (κ1) is 14.0. The minimum absolute atomic E-state index is 0.166. The van der Waals surface area contributed by atoms with Gasteiger partial charge in [-0.2, -0.15) is 0 Å². The largest absolute Gasteiger partial charge is 0.491 e. The van der Waals surface area contributed by atoms with Crippen LogP contribution in [0.1, 0.15) is 45.2 Å². The van der Waals surface area contributed by atoms with Crippen LogP contribution < -0.4 is 10.1 Å². The van der Waals surface area contributed by atoms with E-state index in [1.807, 2.05) is 19.9 Å². The van der Waals surface area contributed by atoms with E-state index in [-0.39, 0.29) is 11.9 Å². The maximum absolute atomic E-state index is 13.7. The van der Waals surface area contributed by atoms with E-state index >= 15 is 0 Å². The summed E-state index contributed by atoms with van der Waals surface area (Å²) in [5, 5.41) is 3.25. The molecule has 0 aliphatic carbocycles. The Morgan fingerprint density at radius 1 is 1.35 bits per heavy atom. The van der Waals surface area contributed by atoms with Gasteiger partial charge in [0.2, 0.25) is 0 Å². The third-order valence-electron chi connectivity index (χ3n) is 2.72. The van der Waals surface area contributed by atoms with E-state index in [1.165, 1.54) is 0 Å². The van der Waals surface area contributed by atoms with Gasteiger partial charge in [-0.25, -0.2) is 4.39 Å². The van der Waals surface area contributed by atoms with Gasteiger partial charge >= 0.3 is 0 Å². The monoisotopic (exact) mass is 239 g/mol. The van der Waals surface area contributed by atoms with Gasteiger partial charge in [0.25, 0.3) is 0 Å². The summed E-state index contributed by atoms with van der Waals surface area (Å²) >= 11 is 0. The van der Waals surface area contributed by atoms with Gasteiger partial charge in [0, 0.05) is 6.04 Å². The van der Waals surface area contributed by atoms with E-state index in [4.69, 9.17) is 4.74 Å². The Morgan fingerprint density at radius 3 is 2.71 bits per heavy atom. The van der Waals surface area contributed by atoms with Gasteiger partial charge < -0.3 is 10.1 Å². The number of nitrogens with one attached hydrogen (secondary N) is 1. The molecule has 0 aliphatic rings. The maximum Gasteiger partial charge on any atom is 0.165 e. The van der Waals surface area contributed by atoms with Gasteiger partial charge in [0.1, 0.15) is 0 Å². The van der Waals surface area contributed by atoms with E-state index in [9.17, 15) is 4.39 Å². The smallest absolute Gasteiger partial charge is 0.165 e. The molecule has 1 unspecified atom stereocenters. The van der Waals surface area contributed by atoms with Gasteiger partial charge in [-0.3, -0.25) is 0 Å². The standard InChI is InChI=1S/C14H22FNO/c1-4-6-9-17-14-8-7-12(10-13(14)15)11(3)16-5-2/h7-8,10-11,16H,4-6,9H2,1-3H3. The summed E-state index contributed by atoms with van der Waals surface area (Å²) in [5.41, 5.74) is 0.951. The number of hydrogen-bond donors (Lipinski definition) is 1. The third kappa shape index (κ3) is 4.35. The zero-order valence-electron chi connectivity index (χ0n) is 10.9. The molecule has 0 fully saturated rings. The molecule has 0 aromatic heterocycles. The molecule has 0 amide bonds. The first-order valence-electron chi connectivity index (χ1n) is 6.34. The lowest BCUT2D eigenvalue weighted by molar-refractivity contribution is 0.294. The van der Waals surface area contributed by atoms with Crippen molar-refractivity contribution in [1.29, 1.82) is 0 Å². The molecule has 0 saturated carbocycles. The molecule has 96 valence electrons. The van der Waals surface area contributed by atoms with Crippen molar-refractivity contribution in [3.63, 3.8) is 0 Å². The number of ether oxygens (including phenoxy) is 1. The molecule has 0 heterocycles. The van der Waals surface area contributed by atoms with Crippen LogP contribution in [0.25, 0.3) is 0 Å². The molecule has 1 atom stereocenters. The SMILES string of the molecule is CCCCOc1ccc(C(C)NCC)cc1F. The van der Waals surface area contributed by atoms with Crippen molar-refractivity contribution in [2.45, 2.75) is 39.7 Å². The lowest BCUT2D eigenvalue weighted by Crippen LogP contribution is -2.17. The molecule has 2 nitrogen and oxygen atoms in total. The molecule has 0 radical (unpaired) electrons. The van der Waals surface area contributed by atoms with E-state index in [0.29, 0.717) is 12.4 Å². The normalized spacial score (nSPS) is 12.5. The van der Waals surface area contributed by atoms with Crippen LogP contribution in [-0.2, 0) is 0 Å². The molecule has 0 aliphatic heterocycles. The fraction of sp³-hybridized carbons (Fsp3) is 0.571. The van der Waals surface area contributed by atoms with Crippen molar-refractivity contribution < 1.29 is 9.13 Å². The molecule has 0 bridgehead atoms. The summed E-state index contributed by atoms with van der Waals surface area (Å²) in [4.78, 5) is 0. The Balaban J connectivity index is 2.65. The summed E-state index contributed by atoms with van der Waals surface area (Å²) < 4.78 is 19.1. The Hall–Kier alpha value is -1.09. The second-order valence-electron chi connectivity index (χ2n) is 4.17. The summed E-state index contributed by atoms with van der Waals surface area (Å²) in [7, 11) is 0. The van der Waals surface area contributed by atoms with E-state index in [1.54, 1.807) is 12.1 Å². The highest BCUT2D eigenvalue weighted by atomic mass is 19.1. The van der Waals surface area contributed by atoms with E-state index < -0.39 is 0 Å². The second-order valence-corrected chi connectivity index (χ2v) is 4.17. The minimum atomic E-state index is -0.275. The van der Waals surface area contributed by atoms with Crippen molar-refractivity contribution in [3.05, 3.63) is 29.6 Å². The highest BCUT2D eigenvalue weighted by Crippen LogP contribution is 2.22. The lowest BCUT2D eigenvalue weighted by Gasteiger charge is -2.14. The van der Waals surface area contributed by atoms with Gasteiger partial charge in [0.05, 0.1) is 6.61 Å². The number of hydrogen-bond acceptors (Lipinski definition) is 2. The minimum Gasteiger partial charge on any atom is -0.491 e. The fourth-order valence-electron chi connectivity index (χ4n) is 1.65. The predicted molar refractivity (Wildman–Crippen MR) is 68.9 cm³/mol.